The molecule has 0 atom stereocenters. The van der Waals surface area contributed by atoms with Crippen LogP contribution in [0.3, 0.4) is 0 Å². The van der Waals surface area contributed by atoms with Gasteiger partial charge in [-0.15, -0.1) is 10.2 Å². The van der Waals surface area contributed by atoms with Gasteiger partial charge in [0.1, 0.15) is 5.52 Å². The smallest absolute Gasteiger partial charge is 0.188 e. The van der Waals surface area contributed by atoms with Crippen molar-refractivity contribution in [2.75, 3.05) is 0 Å². The number of nitrogens with zero attached hydrogens (tertiary/aromatic N) is 4. The van der Waals surface area contributed by atoms with Gasteiger partial charge in [-0.3, -0.25) is 4.79 Å². The van der Waals surface area contributed by atoms with Gasteiger partial charge in [0, 0.05) is 5.02 Å². The lowest BCUT2D eigenvalue weighted by Gasteiger charge is -1.99. The Morgan fingerprint density at radius 2 is 2.19 bits per heavy atom. The highest BCUT2D eigenvalue weighted by Gasteiger charge is 2.08. The van der Waals surface area contributed by atoms with E-state index in [9.17, 15) is 4.79 Å². The summed E-state index contributed by atoms with van der Waals surface area (Å²) in [4.78, 5) is 10.7. The molecule has 0 spiro atoms. The maximum atomic E-state index is 10.7. The summed E-state index contributed by atoms with van der Waals surface area (Å²) >= 11 is 5.90. The molecule has 0 radical (unpaired) electrons. The van der Waals surface area contributed by atoms with Crippen molar-refractivity contribution in [3.05, 3.63) is 35.0 Å². The summed E-state index contributed by atoms with van der Waals surface area (Å²) < 4.78 is 1.55. The molecule has 0 unspecified atom stereocenters. The summed E-state index contributed by atoms with van der Waals surface area (Å²) in [6.07, 6.45) is 2.16. The van der Waals surface area contributed by atoms with Crippen molar-refractivity contribution >= 4 is 34.6 Å². The summed E-state index contributed by atoms with van der Waals surface area (Å²) in [6.45, 7) is 0. The second kappa shape index (κ2) is 3.24. The topological polar surface area (TPSA) is 60.2 Å². The van der Waals surface area contributed by atoms with Crippen LogP contribution in [-0.2, 0) is 0 Å². The summed E-state index contributed by atoms with van der Waals surface area (Å²) in [7, 11) is 0. The second-order valence-corrected chi connectivity index (χ2v) is 3.72. The van der Waals surface area contributed by atoms with Crippen molar-refractivity contribution in [1.29, 1.82) is 0 Å². The van der Waals surface area contributed by atoms with E-state index in [1.54, 1.807) is 22.7 Å². The largest absolute Gasteiger partial charge is 0.298 e. The van der Waals surface area contributed by atoms with E-state index >= 15 is 0 Å². The molecule has 2 aromatic heterocycles. The lowest BCUT2D eigenvalue weighted by molar-refractivity contribution is 0.112. The molecule has 0 aliphatic heterocycles. The highest BCUT2D eigenvalue weighted by Crippen LogP contribution is 2.18. The average molecular weight is 233 g/mol. The zero-order chi connectivity index (χ0) is 11.1. The number of aldehydes is 1. The quantitative estimate of drug-likeness (QED) is 0.600. The van der Waals surface area contributed by atoms with E-state index in [1.165, 1.54) is 6.20 Å². The molecule has 5 nitrogen and oxygen atoms in total. The monoisotopic (exact) mass is 232 g/mol. The van der Waals surface area contributed by atoms with Gasteiger partial charge in [0.2, 0.25) is 0 Å². The van der Waals surface area contributed by atoms with Gasteiger partial charge in [0.25, 0.3) is 0 Å². The number of aromatic nitrogens is 4. The number of fused-ring (bicyclic) bond motifs is 3. The van der Waals surface area contributed by atoms with E-state index in [2.05, 4.69) is 15.3 Å². The molecule has 0 saturated heterocycles. The Balaban J connectivity index is 2.53. The SMILES string of the molecule is O=Cc1cnn2c1nnc1ccc(Cl)cc12. The van der Waals surface area contributed by atoms with Crippen molar-refractivity contribution in [1.82, 2.24) is 19.8 Å². The summed E-state index contributed by atoms with van der Waals surface area (Å²) in [6, 6.07) is 5.22. The van der Waals surface area contributed by atoms with Crippen LogP contribution < -0.4 is 0 Å². The van der Waals surface area contributed by atoms with Gasteiger partial charge < -0.3 is 0 Å². The first-order chi connectivity index (χ1) is 7.79. The molecule has 2 heterocycles. The van der Waals surface area contributed by atoms with Crippen LogP contribution in [0.5, 0.6) is 0 Å². The molecule has 0 saturated carbocycles. The van der Waals surface area contributed by atoms with Crippen LogP contribution in [-0.4, -0.2) is 26.1 Å². The zero-order valence-corrected chi connectivity index (χ0v) is 8.72. The average Bonchev–Trinajstić information content (AvgIpc) is 2.72. The molecular formula is C10H5ClN4O. The highest BCUT2D eigenvalue weighted by molar-refractivity contribution is 6.31. The van der Waals surface area contributed by atoms with Crippen molar-refractivity contribution in [3.63, 3.8) is 0 Å². The van der Waals surface area contributed by atoms with Crippen LogP contribution in [0.1, 0.15) is 10.4 Å². The molecule has 1 aromatic carbocycles. The van der Waals surface area contributed by atoms with E-state index < -0.39 is 0 Å². The molecule has 3 aromatic rings. The van der Waals surface area contributed by atoms with Crippen LogP contribution in [0.2, 0.25) is 5.02 Å². The molecule has 0 bridgehead atoms. The van der Waals surface area contributed by atoms with E-state index in [0.717, 1.165) is 5.52 Å². The summed E-state index contributed by atoms with van der Waals surface area (Å²) in [5, 5.41) is 12.6. The van der Waals surface area contributed by atoms with Crippen molar-refractivity contribution in [2.24, 2.45) is 0 Å². The minimum absolute atomic E-state index is 0.411. The first-order valence-corrected chi connectivity index (χ1v) is 4.92. The molecule has 0 amide bonds. The molecule has 78 valence electrons. The van der Waals surface area contributed by atoms with Gasteiger partial charge in [-0.1, -0.05) is 11.6 Å². The third kappa shape index (κ3) is 1.18. The maximum Gasteiger partial charge on any atom is 0.188 e. The first kappa shape index (κ1) is 9.23. The number of rotatable bonds is 1. The Kier molecular flexibility index (Phi) is 1.87. The predicted molar refractivity (Wildman–Crippen MR) is 58.7 cm³/mol. The van der Waals surface area contributed by atoms with Crippen LogP contribution in [0.4, 0.5) is 0 Å². The number of benzene rings is 1. The highest BCUT2D eigenvalue weighted by atomic mass is 35.5. The Labute approximate surface area is 94.7 Å². The Hall–Kier alpha value is -2.01. The van der Waals surface area contributed by atoms with Gasteiger partial charge in [-0.05, 0) is 18.2 Å². The standard InChI is InChI=1S/C10H5ClN4O/c11-7-1-2-8-9(3-7)15-10(14-13-8)6(5-16)4-12-15/h1-5H. The summed E-state index contributed by atoms with van der Waals surface area (Å²) in [5.41, 5.74) is 2.25. The normalized spacial score (nSPS) is 11.1. The maximum absolute atomic E-state index is 10.7. The van der Waals surface area contributed by atoms with Crippen LogP contribution in [0.25, 0.3) is 16.7 Å². The van der Waals surface area contributed by atoms with Gasteiger partial charge in [-0.25, -0.2) is 4.52 Å². The van der Waals surface area contributed by atoms with Crippen LogP contribution in [0, 0.1) is 0 Å². The van der Waals surface area contributed by atoms with E-state index in [1.807, 2.05) is 0 Å². The Morgan fingerprint density at radius 1 is 1.31 bits per heavy atom. The zero-order valence-electron chi connectivity index (χ0n) is 7.96. The van der Waals surface area contributed by atoms with Crippen molar-refractivity contribution < 1.29 is 4.79 Å². The third-order valence-electron chi connectivity index (χ3n) is 2.32. The van der Waals surface area contributed by atoms with Crippen LogP contribution >= 0.6 is 11.6 Å². The molecular weight excluding hydrogens is 228 g/mol. The van der Waals surface area contributed by atoms with Gasteiger partial charge in [-0.2, -0.15) is 5.10 Å². The van der Waals surface area contributed by atoms with E-state index in [4.69, 9.17) is 11.6 Å². The molecule has 0 fully saturated rings. The van der Waals surface area contributed by atoms with Crippen molar-refractivity contribution in [3.8, 4) is 0 Å². The third-order valence-corrected chi connectivity index (χ3v) is 2.55. The van der Waals surface area contributed by atoms with Gasteiger partial charge in [0.15, 0.2) is 11.9 Å². The lowest BCUT2D eigenvalue weighted by Crippen LogP contribution is -1.96. The van der Waals surface area contributed by atoms with E-state index in [-0.39, 0.29) is 0 Å². The molecule has 16 heavy (non-hydrogen) atoms. The number of hydrogen-bond acceptors (Lipinski definition) is 4. The molecule has 0 N–H and O–H groups in total. The Morgan fingerprint density at radius 3 is 3.00 bits per heavy atom. The second-order valence-electron chi connectivity index (χ2n) is 3.29. The lowest BCUT2D eigenvalue weighted by atomic mass is 10.3. The minimum atomic E-state index is 0.411. The van der Waals surface area contributed by atoms with Crippen LogP contribution in [0.15, 0.2) is 24.4 Å². The molecule has 3 rings (SSSR count). The summed E-state index contributed by atoms with van der Waals surface area (Å²) in [5.74, 6) is 0. The number of hydrogen-bond donors (Lipinski definition) is 0. The number of carbonyl (C=O) groups is 1. The molecule has 0 aliphatic carbocycles. The number of carbonyl (C=O) groups excluding carboxylic acids is 1. The first-order valence-electron chi connectivity index (χ1n) is 4.54. The minimum Gasteiger partial charge on any atom is -0.298 e. The molecule has 6 heteroatoms. The fraction of sp³-hybridized carbons (Fsp3) is 0. The fourth-order valence-electron chi connectivity index (χ4n) is 1.57. The number of halogens is 1. The van der Waals surface area contributed by atoms with Gasteiger partial charge >= 0.3 is 0 Å². The molecule has 0 aliphatic rings. The van der Waals surface area contributed by atoms with Crippen molar-refractivity contribution in [2.45, 2.75) is 0 Å². The Bertz CT molecular complexity index is 706. The van der Waals surface area contributed by atoms with Gasteiger partial charge in [0.05, 0.1) is 17.3 Å². The van der Waals surface area contributed by atoms with E-state index in [0.29, 0.717) is 28.0 Å². The fourth-order valence-corrected chi connectivity index (χ4v) is 1.73. The predicted octanol–water partition coefficient (Wildman–Crippen LogP) is 1.74.